The molecule has 0 fully saturated rings. The van der Waals surface area contributed by atoms with Crippen LogP contribution in [0.4, 0.5) is 4.39 Å². The van der Waals surface area contributed by atoms with E-state index in [1.54, 1.807) is 12.1 Å². The summed E-state index contributed by atoms with van der Waals surface area (Å²) in [5.41, 5.74) is 0.303. The summed E-state index contributed by atoms with van der Waals surface area (Å²) >= 11 is 0. The van der Waals surface area contributed by atoms with Crippen molar-refractivity contribution in [3.8, 4) is 5.75 Å². The van der Waals surface area contributed by atoms with Crippen LogP contribution in [0.25, 0.3) is 10.9 Å². The molecule has 14 heavy (non-hydrogen) atoms. The van der Waals surface area contributed by atoms with E-state index < -0.39 is 0 Å². The molecule has 1 aromatic carbocycles. The molecule has 0 unspecified atom stereocenters. The maximum Gasteiger partial charge on any atom is 0.142 e. The molecule has 0 radical (unpaired) electrons. The quantitative estimate of drug-likeness (QED) is 0.672. The maximum atomic E-state index is 13.0. The number of fused-ring (bicyclic) bond motifs is 1. The fourth-order valence-electron chi connectivity index (χ4n) is 1.12. The third-order valence-corrected chi connectivity index (χ3v) is 1.70. The van der Waals surface area contributed by atoms with Crippen LogP contribution in [0.2, 0.25) is 0 Å². The molecule has 3 nitrogen and oxygen atoms in total. The second-order valence-corrected chi connectivity index (χ2v) is 2.47. The zero-order chi connectivity index (χ0) is 10.6. The molecule has 0 spiro atoms. The van der Waals surface area contributed by atoms with Crippen molar-refractivity contribution in [2.75, 3.05) is 7.11 Å². The highest BCUT2D eigenvalue weighted by Gasteiger charge is 2.03. The van der Waals surface area contributed by atoms with E-state index in [4.69, 9.17) is 5.11 Å². The normalized spacial score (nSPS) is 9.36. The van der Waals surface area contributed by atoms with E-state index in [0.29, 0.717) is 10.9 Å². The largest absolute Gasteiger partial charge is 0.506 e. The van der Waals surface area contributed by atoms with Gasteiger partial charge in [0.2, 0.25) is 0 Å². The van der Waals surface area contributed by atoms with Gasteiger partial charge in [0.25, 0.3) is 0 Å². The lowest BCUT2D eigenvalue weighted by Gasteiger charge is -1.99. The van der Waals surface area contributed by atoms with Crippen LogP contribution in [0, 0.1) is 5.82 Å². The Balaban J connectivity index is 0.000000461. The van der Waals surface area contributed by atoms with Crippen molar-refractivity contribution in [2.24, 2.45) is 0 Å². The van der Waals surface area contributed by atoms with Gasteiger partial charge in [-0.2, -0.15) is 0 Å². The van der Waals surface area contributed by atoms with Gasteiger partial charge < -0.3 is 10.2 Å². The molecule has 2 aromatic rings. The Bertz CT molecular complexity index is 391. The molecule has 0 aliphatic heterocycles. The predicted molar refractivity (Wildman–Crippen MR) is 51.5 cm³/mol. The summed E-state index contributed by atoms with van der Waals surface area (Å²) in [4.78, 5) is 3.85. The lowest BCUT2D eigenvalue weighted by Crippen LogP contribution is -1.82. The number of aromatic nitrogens is 1. The Hall–Kier alpha value is -1.68. The van der Waals surface area contributed by atoms with E-state index in [1.165, 1.54) is 18.3 Å². The number of hydrogen-bond donors (Lipinski definition) is 2. The summed E-state index contributed by atoms with van der Waals surface area (Å²) in [6, 6.07) is 5.73. The van der Waals surface area contributed by atoms with Gasteiger partial charge in [0, 0.05) is 18.7 Å². The molecule has 0 bridgehead atoms. The van der Waals surface area contributed by atoms with Crippen molar-refractivity contribution in [1.82, 2.24) is 4.98 Å². The number of aliphatic hydroxyl groups is 1. The first-order valence-corrected chi connectivity index (χ1v) is 3.96. The number of hydrogen-bond acceptors (Lipinski definition) is 3. The van der Waals surface area contributed by atoms with Crippen molar-refractivity contribution in [3.05, 3.63) is 36.3 Å². The summed E-state index contributed by atoms with van der Waals surface area (Å²) < 4.78 is 13.0. The highest BCUT2D eigenvalue weighted by Crippen LogP contribution is 2.23. The number of rotatable bonds is 0. The average molecular weight is 195 g/mol. The molecule has 2 N–H and O–H groups in total. The Morgan fingerprint density at radius 1 is 1.21 bits per heavy atom. The summed E-state index contributed by atoms with van der Waals surface area (Å²) in [6.07, 6.45) is 1.52. The van der Waals surface area contributed by atoms with Gasteiger partial charge in [-0.1, -0.05) is 0 Å². The summed E-state index contributed by atoms with van der Waals surface area (Å²) in [7, 11) is 1.00. The molecule has 0 aliphatic rings. The molecular formula is C10H10FNO2. The SMILES string of the molecule is CO.Oc1ccc(F)c2cccnc12. The Morgan fingerprint density at radius 2 is 1.93 bits per heavy atom. The molecule has 74 valence electrons. The van der Waals surface area contributed by atoms with Crippen LogP contribution in [-0.4, -0.2) is 22.3 Å². The van der Waals surface area contributed by atoms with Crippen LogP contribution in [0.15, 0.2) is 30.5 Å². The van der Waals surface area contributed by atoms with Crippen LogP contribution in [0.3, 0.4) is 0 Å². The van der Waals surface area contributed by atoms with E-state index in [0.717, 1.165) is 7.11 Å². The van der Waals surface area contributed by atoms with Crippen LogP contribution >= 0.6 is 0 Å². The number of phenols is 1. The van der Waals surface area contributed by atoms with Gasteiger partial charge in [-0.25, -0.2) is 4.39 Å². The number of aromatic hydroxyl groups is 1. The predicted octanol–water partition coefficient (Wildman–Crippen LogP) is 1.69. The highest BCUT2D eigenvalue weighted by atomic mass is 19.1. The minimum Gasteiger partial charge on any atom is -0.506 e. The van der Waals surface area contributed by atoms with E-state index in [2.05, 4.69) is 4.98 Å². The van der Waals surface area contributed by atoms with E-state index in [-0.39, 0.29) is 11.6 Å². The van der Waals surface area contributed by atoms with Gasteiger partial charge in [-0.3, -0.25) is 4.98 Å². The second-order valence-electron chi connectivity index (χ2n) is 2.47. The fourth-order valence-corrected chi connectivity index (χ4v) is 1.12. The third kappa shape index (κ3) is 1.80. The molecule has 4 heteroatoms. The van der Waals surface area contributed by atoms with E-state index in [1.807, 2.05) is 0 Å². The molecular weight excluding hydrogens is 185 g/mol. The molecule has 0 saturated carbocycles. The molecule has 1 heterocycles. The third-order valence-electron chi connectivity index (χ3n) is 1.70. The van der Waals surface area contributed by atoms with Crippen molar-refractivity contribution in [3.63, 3.8) is 0 Å². The number of aliphatic hydroxyl groups excluding tert-OH is 1. The topological polar surface area (TPSA) is 53.4 Å². The first kappa shape index (κ1) is 10.4. The van der Waals surface area contributed by atoms with Gasteiger partial charge in [-0.05, 0) is 24.3 Å². The van der Waals surface area contributed by atoms with E-state index in [9.17, 15) is 9.50 Å². The minimum absolute atomic E-state index is 0.00648. The fraction of sp³-hybridized carbons (Fsp3) is 0.100. The summed E-state index contributed by atoms with van der Waals surface area (Å²) in [5, 5.41) is 16.6. The highest BCUT2D eigenvalue weighted by molar-refractivity contribution is 5.84. The lowest BCUT2D eigenvalue weighted by molar-refractivity contribution is 0.399. The number of halogens is 1. The molecule has 2 rings (SSSR count). The Morgan fingerprint density at radius 3 is 2.57 bits per heavy atom. The van der Waals surface area contributed by atoms with E-state index >= 15 is 0 Å². The molecule has 0 atom stereocenters. The summed E-state index contributed by atoms with van der Waals surface area (Å²) in [6.45, 7) is 0. The van der Waals surface area contributed by atoms with Gasteiger partial charge >= 0.3 is 0 Å². The van der Waals surface area contributed by atoms with Crippen molar-refractivity contribution in [1.29, 1.82) is 0 Å². The zero-order valence-corrected chi connectivity index (χ0v) is 7.61. The lowest BCUT2D eigenvalue weighted by atomic mass is 10.2. The summed E-state index contributed by atoms with van der Waals surface area (Å²) in [5.74, 6) is -0.358. The van der Waals surface area contributed by atoms with Crippen LogP contribution in [0.1, 0.15) is 0 Å². The van der Waals surface area contributed by atoms with Crippen molar-refractivity contribution >= 4 is 10.9 Å². The van der Waals surface area contributed by atoms with Crippen LogP contribution in [0.5, 0.6) is 5.75 Å². The van der Waals surface area contributed by atoms with Crippen LogP contribution in [-0.2, 0) is 0 Å². The molecule has 1 aromatic heterocycles. The standard InChI is InChI=1S/C9H6FNO.CH4O/c10-7-3-4-8(12)9-6(7)2-1-5-11-9;1-2/h1-5,12H;2H,1H3. The monoisotopic (exact) mass is 195 g/mol. The first-order valence-electron chi connectivity index (χ1n) is 3.96. The van der Waals surface area contributed by atoms with Gasteiger partial charge in [-0.15, -0.1) is 0 Å². The van der Waals surface area contributed by atoms with Crippen LogP contribution < -0.4 is 0 Å². The Kier molecular flexibility index (Phi) is 3.36. The Labute approximate surface area is 80.5 Å². The van der Waals surface area contributed by atoms with Gasteiger partial charge in [0.15, 0.2) is 0 Å². The maximum absolute atomic E-state index is 13.0. The minimum atomic E-state index is -0.365. The number of pyridine rings is 1. The zero-order valence-electron chi connectivity index (χ0n) is 7.61. The molecule has 0 saturated heterocycles. The average Bonchev–Trinajstić information content (AvgIpc) is 2.27. The smallest absolute Gasteiger partial charge is 0.142 e. The molecule has 0 amide bonds. The number of phenolic OH excluding ortho intramolecular Hbond substituents is 1. The first-order chi connectivity index (χ1) is 6.79. The second kappa shape index (κ2) is 4.53. The van der Waals surface area contributed by atoms with Crippen molar-refractivity contribution in [2.45, 2.75) is 0 Å². The van der Waals surface area contributed by atoms with Gasteiger partial charge in [0.05, 0.1) is 0 Å². The number of nitrogens with zero attached hydrogens (tertiary/aromatic N) is 1. The van der Waals surface area contributed by atoms with Gasteiger partial charge in [0.1, 0.15) is 17.1 Å². The van der Waals surface area contributed by atoms with Crippen molar-refractivity contribution < 1.29 is 14.6 Å². The number of benzene rings is 1. The molecule has 0 aliphatic carbocycles.